The van der Waals surface area contributed by atoms with E-state index in [-0.39, 0.29) is 5.41 Å². The average molecular weight is 496 g/mol. The van der Waals surface area contributed by atoms with Crippen molar-refractivity contribution in [2.75, 3.05) is 0 Å². The van der Waals surface area contributed by atoms with Gasteiger partial charge in [-0.3, -0.25) is 0 Å². The molecule has 1 aromatic carbocycles. The summed E-state index contributed by atoms with van der Waals surface area (Å²) in [6, 6.07) is 4.34. The Morgan fingerprint density at radius 2 is 1.62 bits per heavy atom. The number of fused-ring (bicyclic) bond motifs is 1. The molecule has 1 aromatic heterocycles. The van der Waals surface area contributed by atoms with Gasteiger partial charge >= 0.3 is 7.12 Å². The van der Waals surface area contributed by atoms with Crippen molar-refractivity contribution in [1.29, 1.82) is 0 Å². The molecule has 1 saturated heterocycles. The number of aromatic nitrogens is 1. The van der Waals surface area contributed by atoms with E-state index in [2.05, 4.69) is 25.5 Å². The van der Waals surface area contributed by atoms with E-state index in [1.165, 1.54) is 0 Å². The molecular formula is C25H39BF2N2O3S. The van der Waals surface area contributed by atoms with Gasteiger partial charge in [0.2, 0.25) is 0 Å². The SMILES string of the molecule is CC(C)(C)Cn1cc([C@H](N[S@@+]([O-])C(C)(C)C)C(F)F)c2ccc(B3OC(C)(C)C(C)(C)O3)cc21. The molecule has 0 amide bonds. The monoisotopic (exact) mass is 496 g/mol. The van der Waals surface area contributed by atoms with Crippen molar-refractivity contribution in [2.45, 2.75) is 104 Å². The molecule has 2 heterocycles. The third kappa shape index (κ3) is 5.64. The van der Waals surface area contributed by atoms with Gasteiger partial charge in [-0.15, -0.1) is 4.72 Å². The summed E-state index contributed by atoms with van der Waals surface area (Å²) in [5, 5.41) is 0.702. The van der Waals surface area contributed by atoms with Crippen LogP contribution in [0.2, 0.25) is 0 Å². The number of hydrogen-bond donors (Lipinski definition) is 1. The van der Waals surface area contributed by atoms with Crippen LogP contribution in [0.3, 0.4) is 0 Å². The van der Waals surface area contributed by atoms with Gasteiger partial charge < -0.3 is 18.4 Å². The standard InChI is InChI=1S/C25H39BF2N2O3S/c1-22(2,3)15-30-14-18(20(21(27)28)29-34(31)23(4,5)6)17-12-11-16(13-19(17)30)26-32-24(7,8)25(9,10)33-26/h11-14,20-21,29H,15H2,1-10H3/t20-,34-/m0/s1. The zero-order valence-corrected chi connectivity index (χ0v) is 22.9. The number of nitrogens with one attached hydrogen (secondary N) is 1. The number of hydrogen-bond acceptors (Lipinski definition) is 4. The Morgan fingerprint density at radius 3 is 2.09 bits per heavy atom. The molecule has 1 aliphatic rings. The number of benzene rings is 1. The molecule has 0 aliphatic carbocycles. The van der Waals surface area contributed by atoms with E-state index in [4.69, 9.17) is 9.31 Å². The van der Waals surface area contributed by atoms with Gasteiger partial charge in [-0.1, -0.05) is 32.9 Å². The van der Waals surface area contributed by atoms with Crippen LogP contribution in [-0.2, 0) is 27.2 Å². The van der Waals surface area contributed by atoms with Crippen LogP contribution >= 0.6 is 0 Å². The number of alkyl halides is 2. The predicted molar refractivity (Wildman–Crippen MR) is 137 cm³/mol. The second-order valence-corrected chi connectivity index (χ2v) is 14.4. The van der Waals surface area contributed by atoms with E-state index in [1.54, 1.807) is 27.0 Å². The fourth-order valence-electron chi connectivity index (χ4n) is 3.90. The number of rotatable bonds is 6. The van der Waals surface area contributed by atoms with E-state index in [0.29, 0.717) is 17.5 Å². The summed E-state index contributed by atoms with van der Waals surface area (Å²) < 4.78 is 57.7. The molecule has 0 spiro atoms. The van der Waals surface area contributed by atoms with E-state index < -0.39 is 46.9 Å². The maximum atomic E-state index is 14.3. The highest BCUT2D eigenvalue weighted by Crippen LogP contribution is 2.38. The molecule has 2 atom stereocenters. The smallest absolute Gasteiger partial charge is 0.494 e. The Kier molecular flexibility index (Phi) is 7.33. The summed E-state index contributed by atoms with van der Waals surface area (Å²) in [5.74, 6) is 0. The third-order valence-electron chi connectivity index (χ3n) is 6.48. The molecule has 2 aromatic rings. The molecule has 0 saturated carbocycles. The predicted octanol–water partition coefficient (Wildman–Crippen LogP) is 5.34. The van der Waals surface area contributed by atoms with Gasteiger partial charge in [0.15, 0.2) is 0 Å². The van der Waals surface area contributed by atoms with Crippen molar-refractivity contribution in [3.05, 3.63) is 30.0 Å². The van der Waals surface area contributed by atoms with Crippen LogP contribution in [0.25, 0.3) is 10.9 Å². The first kappa shape index (κ1) is 27.5. The minimum atomic E-state index is -2.72. The Bertz CT molecular complexity index is 1010. The molecular weight excluding hydrogens is 457 g/mol. The molecule has 34 heavy (non-hydrogen) atoms. The second kappa shape index (κ2) is 9.07. The van der Waals surface area contributed by atoms with Crippen molar-refractivity contribution in [1.82, 2.24) is 9.29 Å². The summed E-state index contributed by atoms with van der Waals surface area (Å²) >= 11 is -1.64. The summed E-state index contributed by atoms with van der Waals surface area (Å²) in [6.45, 7) is 20.2. The van der Waals surface area contributed by atoms with Gasteiger partial charge in [-0.05, 0) is 65.4 Å². The molecule has 190 valence electrons. The van der Waals surface area contributed by atoms with E-state index >= 15 is 0 Å². The second-order valence-electron chi connectivity index (χ2n) is 12.4. The summed E-state index contributed by atoms with van der Waals surface area (Å²) in [4.78, 5) is 0. The largest absolute Gasteiger partial charge is 0.598 e. The number of halogens is 2. The topological polar surface area (TPSA) is 58.5 Å². The van der Waals surface area contributed by atoms with Crippen LogP contribution in [0, 0.1) is 5.41 Å². The zero-order valence-electron chi connectivity index (χ0n) is 22.1. The van der Waals surface area contributed by atoms with Gasteiger partial charge in [0.1, 0.15) is 10.8 Å². The van der Waals surface area contributed by atoms with Crippen LogP contribution in [0.4, 0.5) is 8.78 Å². The minimum absolute atomic E-state index is 0.0778. The Morgan fingerprint density at radius 1 is 1.06 bits per heavy atom. The maximum Gasteiger partial charge on any atom is 0.494 e. The van der Waals surface area contributed by atoms with Gasteiger partial charge in [-0.2, -0.15) is 0 Å². The molecule has 0 unspecified atom stereocenters. The van der Waals surface area contributed by atoms with Crippen molar-refractivity contribution in [3.63, 3.8) is 0 Å². The van der Waals surface area contributed by atoms with E-state index in [1.807, 2.05) is 50.5 Å². The fourth-order valence-corrected chi connectivity index (χ4v) is 4.71. The molecule has 0 bridgehead atoms. The Hall–Kier alpha value is -1.13. The molecule has 9 heteroatoms. The summed E-state index contributed by atoms with van der Waals surface area (Å²) in [7, 11) is -0.548. The zero-order chi connectivity index (χ0) is 25.9. The molecule has 3 rings (SSSR count). The lowest BCUT2D eigenvalue weighted by atomic mass is 9.78. The first-order valence-corrected chi connectivity index (χ1v) is 12.9. The van der Waals surface area contributed by atoms with Crippen molar-refractivity contribution < 1.29 is 22.6 Å². The fraction of sp³-hybridized carbons (Fsp3) is 0.680. The van der Waals surface area contributed by atoms with E-state index in [9.17, 15) is 13.3 Å². The first-order valence-electron chi connectivity index (χ1n) is 11.8. The van der Waals surface area contributed by atoms with Crippen molar-refractivity contribution in [2.24, 2.45) is 5.41 Å². The third-order valence-corrected chi connectivity index (χ3v) is 8.06. The quantitative estimate of drug-likeness (QED) is 0.433. The molecule has 5 nitrogen and oxygen atoms in total. The first-order chi connectivity index (χ1) is 15.3. The highest BCUT2D eigenvalue weighted by Gasteiger charge is 2.51. The molecule has 0 radical (unpaired) electrons. The van der Waals surface area contributed by atoms with Crippen LogP contribution in [-0.4, -0.2) is 38.6 Å². The van der Waals surface area contributed by atoms with Gasteiger partial charge in [0.25, 0.3) is 6.43 Å². The lowest BCUT2D eigenvalue weighted by Crippen LogP contribution is -2.43. The van der Waals surface area contributed by atoms with Gasteiger partial charge in [0.05, 0.1) is 11.2 Å². The van der Waals surface area contributed by atoms with Crippen LogP contribution in [0.5, 0.6) is 0 Å². The normalized spacial score (nSPS) is 20.4. The van der Waals surface area contributed by atoms with Crippen LogP contribution in [0.1, 0.15) is 80.8 Å². The minimum Gasteiger partial charge on any atom is -0.598 e. The summed E-state index contributed by atoms with van der Waals surface area (Å²) in [5.41, 5.74) is 1.06. The molecule has 1 fully saturated rings. The van der Waals surface area contributed by atoms with E-state index in [0.717, 1.165) is 11.0 Å². The molecule has 1 N–H and O–H groups in total. The highest BCUT2D eigenvalue weighted by atomic mass is 32.2. The Balaban J connectivity index is 2.10. The van der Waals surface area contributed by atoms with Crippen molar-refractivity contribution in [3.8, 4) is 0 Å². The average Bonchev–Trinajstić information content (AvgIpc) is 3.10. The van der Waals surface area contributed by atoms with Crippen LogP contribution < -0.4 is 10.2 Å². The van der Waals surface area contributed by atoms with Gasteiger partial charge in [-0.25, -0.2) is 8.78 Å². The van der Waals surface area contributed by atoms with Crippen LogP contribution in [0.15, 0.2) is 24.4 Å². The summed E-state index contributed by atoms with van der Waals surface area (Å²) in [6.07, 6.45) is -0.948. The Labute approximate surface area is 206 Å². The number of nitrogens with zero attached hydrogens (tertiary/aromatic N) is 1. The van der Waals surface area contributed by atoms with Crippen molar-refractivity contribution >= 4 is 34.8 Å². The highest BCUT2D eigenvalue weighted by molar-refractivity contribution is 7.90. The lowest BCUT2D eigenvalue weighted by molar-refractivity contribution is 0.00578. The maximum absolute atomic E-state index is 14.3. The lowest BCUT2D eigenvalue weighted by Gasteiger charge is -2.32. The molecule has 1 aliphatic heterocycles. The van der Waals surface area contributed by atoms with Gasteiger partial charge in [0, 0.05) is 40.6 Å².